The van der Waals surface area contributed by atoms with Crippen LogP contribution in [0.5, 0.6) is 0 Å². The van der Waals surface area contributed by atoms with Crippen LogP contribution in [0.1, 0.15) is 18.4 Å². The lowest BCUT2D eigenvalue weighted by molar-refractivity contribution is 0.740. The number of rotatable bonds is 1. The van der Waals surface area contributed by atoms with Crippen LogP contribution in [0.25, 0.3) is 0 Å². The van der Waals surface area contributed by atoms with Gasteiger partial charge in [0.2, 0.25) is 0 Å². The Hall–Kier alpha value is -0.240. The molecule has 2 N–H and O–H groups in total. The Balaban J connectivity index is 2.51. The molecule has 1 aromatic rings. The average Bonchev–Trinajstić information content (AvgIpc) is 2.75. The maximum absolute atomic E-state index is 5.98. The zero-order valence-corrected chi connectivity index (χ0v) is 7.91. The van der Waals surface area contributed by atoms with E-state index in [-0.39, 0.29) is 5.54 Å². The molecular weight excluding hydrogens is 193 g/mol. The van der Waals surface area contributed by atoms with E-state index >= 15 is 0 Å². The fourth-order valence-electron chi connectivity index (χ4n) is 1.24. The third-order valence-electron chi connectivity index (χ3n) is 2.21. The molecule has 1 radical (unpaired) electrons. The molecule has 0 saturated heterocycles. The van der Waals surface area contributed by atoms with Crippen LogP contribution < -0.4 is 5.73 Å². The van der Waals surface area contributed by atoms with Gasteiger partial charge in [0.1, 0.15) is 0 Å². The fourth-order valence-corrected chi connectivity index (χ4v) is 1.71. The first-order chi connectivity index (χ1) is 5.63. The number of nitrogens with two attached hydrogens (primary N) is 1. The molecule has 0 aromatic heterocycles. The molecule has 12 heavy (non-hydrogen) atoms. The van der Waals surface area contributed by atoms with Gasteiger partial charge in [-0.05, 0) is 18.4 Å². The summed E-state index contributed by atoms with van der Waals surface area (Å²) in [5.41, 5.74) is 6.72. The van der Waals surface area contributed by atoms with Crippen LogP contribution in [0.2, 0.25) is 10.0 Å². The molecule has 0 atom stereocenters. The second-order valence-corrected chi connectivity index (χ2v) is 3.93. The lowest BCUT2D eigenvalue weighted by Gasteiger charge is -2.11. The molecule has 1 fully saturated rings. The van der Waals surface area contributed by atoms with Crippen molar-refractivity contribution in [1.82, 2.24) is 0 Å². The van der Waals surface area contributed by atoms with E-state index in [4.69, 9.17) is 28.9 Å². The van der Waals surface area contributed by atoms with Crippen molar-refractivity contribution in [3.05, 3.63) is 33.8 Å². The summed E-state index contributed by atoms with van der Waals surface area (Å²) in [6.07, 6.45) is 1.99. The molecular formula is C9H8Cl2N. The Morgan fingerprint density at radius 2 is 2.08 bits per heavy atom. The van der Waals surface area contributed by atoms with Crippen LogP contribution in [0.15, 0.2) is 12.1 Å². The molecule has 0 amide bonds. The standard InChI is InChI=1S/C9H8Cl2N/c10-7-3-1-2-6(8(7)11)9(12)4-5-9/h1-2H,4-5,12H2. The molecule has 0 bridgehead atoms. The maximum atomic E-state index is 5.98. The zero-order valence-electron chi connectivity index (χ0n) is 6.40. The van der Waals surface area contributed by atoms with Gasteiger partial charge in [-0.3, -0.25) is 0 Å². The predicted molar refractivity (Wildman–Crippen MR) is 50.4 cm³/mol. The van der Waals surface area contributed by atoms with Crippen molar-refractivity contribution in [1.29, 1.82) is 0 Å². The first-order valence-electron chi connectivity index (χ1n) is 3.78. The van der Waals surface area contributed by atoms with Crippen molar-refractivity contribution in [2.45, 2.75) is 18.4 Å². The summed E-state index contributed by atoms with van der Waals surface area (Å²) in [4.78, 5) is 0. The van der Waals surface area contributed by atoms with Crippen LogP contribution in [0, 0.1) is 6.07 Å². The van der Waals surface area contributed by atoms with Gasteiger partial charge in [-0.2, -0.15) is 0 Å². The van der Waals surface area contributed by atoms with Crippen molar-refractivity contribution in [3.8, 4) is 0 Å². The highest BCUT2D eigenvalue weighted by Crippen LogP contribution is 2.46. The van der Waals surface area contributed by atoms with Gasteiger partial charge in [-0.25, -0.2) is 0 Å². The summed E-state index contributed by atoms with van der Waals surface area (Å²) in [5.74, 6) is 0. The van der Waals surface area contributed by atoms with Gasteiger partial charge in [0.15, 0.2) is 0 Å². The van der Waals surface area contributed by atoms with Crippen molar-refractivity contribution < 1.29 is 0 Å². The molecule has 3 heteroatoms. The van der Waals surface area contributed by atoms with Crippen molar-refractivity contribution >= 4 is 23.2 Å². The topological polar surface area (TPSA) is 26.0 Å². The second-order valence-electron chi connectivity index (χ2n) is 3.18. The third-order valence-corrected chi connectivity index (χ3v) is 3.00. The summed E-state index contributed by atoms with van der Waals surface area (Å²) in [7, 11) is 0. The monoisotopic (exact) mass is 200 g/mol. The highest BCUT2D eigenvalue weighted by molar-refractivity contribution is 6.42. The van der Waals surface area contributed by atoms with Crippen LogP contribution in [-0.4, -0.2) is 0 Å². The highest BCUT2D eigenvalue weighted by Gasteiger charge is 2.41. The normalized spacial score (nSPS) is 19.2. The minimum absolute atomic E-state index is 0.212. The average molecular weight is 201 g/mol. The molecule has 0 aliphatic heterocycles. The second kappa shape index (κ2) is 2.63. The Morgan fingerprint density at radius 1 is 1.42 bits per heavy atom. The number of halogens is 2. The van der Waals surface area contributed by atoms with Gasteiger partial charge in [0.05, 0.1) is 10.0 Å². The zero-order chi connectivity index (χ0) is 8.77. The van der Waals surface area contributed by atoms with Gasteiger partial charge >= 0.3 is 0 Å². The lowest BCUT2D eigenvalue weighted by atomic mass is 10.1. The van der Waals surface area contributed by atoms with E-state index in [0.29, 0.717) is 10.0 Å². The van der Waals surface area contributed by atoms with E-state index in [9.17, 15) is 0 Å². The Labute approximate surface area is 81.5 Å². The van der Waals surface area contributed by atoms with Gasteiger partial charge in [0.25, 0.3) is 0 Å². The molecule has 1 aromatic carbocycles. The van der Waals surface area contributed by atoms with Crippen LogP contribution >= 0.6 is 23.2 Å². The highest BCUT2D eigenvalue weighted by atomic mass is 35.5. The van der Waals surface area contributed by atoms with E-state index in [1.165, 1.54) is 0 Å². The summed E-state index contributed by atoms with van der Waals surface area (Å²) >= 11 is 11.8. The van der Waals surface area contributed by atoms with Crippen molar-refractivity contribution in [2.24, 2.45) is 5.73 Å². The minimum atomic E-state index is -0.212. The quantitative estimate of drug-likeness (QED) is 0.742. The largest absolute Gasteiger partial charge is 0.321 e. The van der Waals surface area contributed by atoms with Crippen molar-refractivity contribution in [2.75, 3.05) is 0 Å². The Morgan fingerprint density at radius 3 is 2.67 bits per heavy atom. The summed E-state index contributed by atoms with van der Waals surface area (Å²) in [6.45, 7) is 0. The molecule has 63 valence electrons. The van der Waals surface area contributed by atoms with Gasteiger partial charge in [-0.15, -0.1) is 0 Å². The van der Waals surface area contributed by atoms with E-state index in [1.807, 2.05) is 6.07 Å². The molecule has 2 rings (SSSR count). The van der Waals surface area contributed by atoms with Crippen LogP contribution in [0.4, 0.5) is 0 Å². The minimum Gasteiger partial charge on any atom is -0.321 e. The number of hydrogen-bond donors (Lipinski definition) is 1. The fraction of sp³-hybridized carbons (Fsp3) is 0.333. The van der Waals surface area contributed by atoms with Crippen LogP contribution in [0.3, 0.4) is 0 Å². The third kappa shape index (κ3) is 1.22. The summed E-state index contributed by atoms with van der Waals surface area (Å²) < 4.78 is 0. The first kappa shape index (κ1) is 8.36. The molecule has 1 aliphatic carbocycles. The number of hydrogen-bond acceptors (Lipinski definition) is 1. The van der Waals surface area contributed by atoms with Crippen molar-refractivity contribution in [3.63, 3.8) is 0 Å². The summed E-state index contributed by atoms with van der Waals surface area (Å²) in [6, 6.07) is 6.47. The molecule has 1 aliphatic rings. The summed E-state index contributed by atoms with van der Waals surface area (Å²) in [5, 5.41) is 1.02. The first-order valence-corrected chi connectivity index (χ1v) is 4.54. The van der Waals surface area contributed by atoms with Gasteiger partial charge in [-0.1, -0.05) is 35.3 Å². The van der Waals surface area contributed by atoms with E-state index in [1.54, 1.807) is 6.07 Å². The Bertz CT molecular complexity index is 318. The molecule has 0 unspecified atom stereocenters. The number of benzene rings is 1. The van der Waals surface area contributed by atoms with E-state index < -0.39 is 0 Å². The van der Waals surface area contributed by atoms with Crippen LogP contribution in [-0.2, 0) is 5.54 Å². The van der Waals surface area contributed by atoms with E-state index in [0.717, 1.165) is 18.4 Å². The smallest absolute Gasteiger partial charge is 0.0674 e. The van der Waals surface area contributed by atoms with Gasteiger partial charge < -0.3 is 5.73 Å². The maximum Gasteiger partial charge on any atom is 0.0674 e. The van der Waals surface area contributed by atoms with Gasteiger partial charge in [0, 0.05) is 11.6 Å². The Kier molecular flexibility index (Phi) is 1.83. The SMILES string of the molecule is NC1(c2cc[c]c(Cl)c2Cl)CC1. The lowest BCUT2D eigenvalue weighted by Crippen LogP contribution is -2.19. The molecule has 1 saturated carbocycles. The molecule has 1 nitrogen and oxygen atoms in total. The van der Waals surface area contributed by atoms with E-state index in [2.05, 4.69) is 6.07 Å². The molecule has 0 spiro atoms. The predicted octanol–water partition coefficient (Wildman–Crippen LogP) is 2.74. The molecule has 0 heterocycles.